The van der Waals surface area contributed by atoms with Gasteiger partial charge in [-0.05, 0) is 65.1 Å². The zero-order valence-electron chi connectivity index (χ0n) is 24.3. The molecule has 2 aliphatic carbocycles. The summed E-state index contributed by atoms with van der Waals surface area (Å²) in [4.78, 5) is 14.0. The molecule has 0 spiro atoms. The fraction of sp³-hybridized carbons (Fsp3) is 0.108. The van der Waals surface area contributed by atoms with Crippen LogP contribution < -0.4 is 8.37 Å². The third kappa shape index (κ3) is 5.56. The Bertz CT molecular complexity index is 1740. The Hall–Kier alpha value is -4.59. The van der Waals surface area contributed by atoms with Crippen molar-refractivity contribution in [1.82, 2.24) is 0 Å². The van der Waals surface area contributed by atoms with E-state index < -0.39 is 0 Å². The normalized spacial score (nSPS) is 15.5. The van der Waals surface area contributed by atoms with Crippen LogP contribution in [0.5, 0.6) is 11.5 Å². The summed E-state index contributed by atoms with van der Waals surface area (Å²) in [5.41, 5.74) is 6.48. The van der Waals surface area contributed by atoms with Crippen LogP contribution in [0, 0.1) is 10.8 Å². The molecule has 0 saturated carbocycles. The Balaban J connectivity index is 1.13. The largest absolute Gasteiger partial charge is 0.421 e. The molecule has 0 heterocycles. The van der Waals surface area contributed by atoms with E-state index in [0.29, 0.717) is 17.0 Å². The van der Waals surface area contributed by atoms with Crippen LogP contribution in [0.2, 0.25) is 0 Å². The van der Waals surface area contributed by atoms with E-state index in [1.165, 1.54) is 17.6 Å². The zero-order valence-corrected chi connectivity index (χ0v) is 26.0. The highest BCUT2D eigenvalue weighted by Crippen LogP contribution is 2.41. The quantitative estimate of drug-likeness (QED) is 0.183. The third-order valence-electron chi connectivity index (χ3n) is 8.22. The maximum Gasteiger partial charge on any atom is 0.211 e. The van der Waals surface area contributed by atoms with Gasteiger partial charge in [-0.2, -0.15) is 0 Å². The number of benzene rings is 4. The van der Waals surface area contributed by atoms with Crippen molar-refractivity contribution >= 4 is 56.7 Å². The number of hydrogen-bond acceptors (Lipinski definition) is 7. The molecule has 4 aromatic rings. The van der Waals surface area contributed by atoms with Crippen LogP contribution in [0.4, 0.5) is 0 Å². The first-order valence-corrected chi connectivity index (χ1v) is 15.7. The molecule has 5 nitrogen and oxygen atoms in total. The zero-order chi connectivity index (χ0) is 30.8. The number of carbonyl (C=O) groups is 1. The van der Waals surface area contributed by atoms with Crippen molar-refractivity contribution in [3.8, 4) is 11.5 Å². The van der Waals surface area contributed by atoms with Gasteiger partial charge >= 0.3 is 0 Å². The minimum absolute atomic E-state index is 0.0398. The van der Waals surface area contributed by atoms with E-state index in [9.17, 15) is 4.79 Å². The van der Waals surface area contributed by atoms with Crippen LogP contribution in [0.1, 0.15) is 58.4 Å². The van der Waals surface area contributed by atoms with Crippen LogP contribution in [0.25, 0.3) is 15.4 Å². The molecular weight excluding hydrogens is 585 g/mol. The van der Waals surface area contributed by atoms with Gasteiger partial charge in [0, 0.05) is 22.1 Å². The average Bonchev–Trinajstić information content (AvgIpc) is 3.07. The van der Waals surface area contributed by atoms with Gasteiger partial charge in [0.2, 0.25) is 5.78 Å². The first-order valence-electron chi connectivity index (χ1n) is 14.2. The van der Waals surface area contributed by atoms with Gasteiger partial charge in [-0.15, -0.1) is 0 Å². The van der Waals surface area contributed by atoms with E-state index in [1.54, 1.807) is 24.3 Å². The van der Waals surface area contributed by atoms with Gasteiger partial charge in [-0.25, -0.2) is 0 Å². The molecule has 0 fully saturated rings. The maximum atomic E-state index is 12.4. The molecule has 4 aromatic carbocycles. The highest BCUT2D eigenvalue weighted by atomic mass is 32.2. The second-order valence-electron chi connectivity index (χ2n) is 10.8. The second-order valence-corrected chi connectivity index (χ2v) is 12.4. The number of ketones is 1. The van der Waals surface area contributed by atoms with Crippen molar-refractivity contribution in [3.63, 3.8) is 0 Å². The maximum absolute atomic E-state index is 12.4. The number of Topliss-reactive ketones (excluding diaryl/α,β-unsaturated/α-hetero) is 1. The summed E-state index contributed by atoms with van der Waals surface area (Å²) in [5, 5.41) is 16.3. The summed E-state index contributed by atoms with van der Waals surface area (Å²) in [5.74, 6) is 1.16. The van der Waals surface area contributed by atoms with Gasteiger partial charge in [0.15, 0.2) is 0 Å². The van der Waals surface area contributed by atoms with Crippen LogP contribution in [0.3, 0.4) is 0 Å². The number of hydrogen-bond donors (Lipinski definition) is 2. The van der Waals surface area contributed by atoms with Crippen LogP contribution >= 0.6 is 24.1 Å². The van der Waals surface area contributed by atoms with Gasteiger partial charge < -0.3 is 13.8 Å². The molecule has 0 saturated heterocycles. The Labute approximate surface area is 266 Å². The Kier molecular flexibility index (Phi) is 8.17. The van der Waals surface area contributed by atoms with Crippen molar-refractivity contribution < 1.29 is 13.2 Å². The summed E-state index contributed by atoms with van der Waals surface area (Å²) < 4.78 is 12.1. The predicted molar refractivity (Wildman–Crippen MR) is 184 cm³/mol. The minimum Gasteiger partial charge on any atom is -0.421 e. The monoisotopic (exact) mass is 614 g/mol. The molecule has 218 valence electrons. The molecule has 0 amide bonds. The number of nitrogens with one attached hydrogen (secondary N) is 2. The molecule has 2 N–H and O–H groups in total. The number of fused-ring (bicyclic) bond motifs is 2. The standard InChI is InChI=1S/C37H30N2O3S2/c1-4-37(3,24-13-17-26(18-14-24)41-43-34-21-32(38)23(2)28-9-5-6-10-29(28)34)25-15-19-27(20-16-25)42-44-35-22-33(39)36(40)31-12-8-7-11-30(31)35/h5-22,38-39H,2,4H2,1,3H3. The Morgan fingerprint density at radius 2 is 1.09 bits per heavy atom. The van der Waals surface area contributed by atoms with E-state index in [4.69, 9.17) is 19.2 Å². The lowest BCUT2D eigenvalue weighted by molar-refractivity contribution is 0.106. The molecular formula is C37H30N2O3S2. The van der Waals surface area contributed by atoms with Crippen molar-refractivity contribution in [1.29, 1.82) is 10.8 Å². The average molecular weight is 615 g/mol. The summed E-state index contributed by atoms with van der Waals surface area (Å²) in [6.45, 7) is 8.47. The van der Waals surface area contributed by atoms with Gasteiger partial charge in [-0.3, -0.25) is 10.2 Å². The molecule has 0 aliphatic heterocycles. The highest BCUT2D eigenvalue weighted by Gasteiger charge is 2.28. The van der Waals surface area contributed by atoms with Crippen molar-refractivity contribution in [3.05, 3.63) is 149 Å². The van der Waals surface area contributed by atoms with Crippen LogP contribution in [-0.2, 0) is 5.41 Å². The summed E-state index contributed by atoms with van der Waals surface area (Å²) in [6.07, 6.45) is 4.27. The van der Waals surface area contributed by atoms with E-state index in [2.05, 4.69) is 44.7 Å². The lowest BCUT2D eigenvalue weighted by Gasteiger charge is -2.30. The van der Waals surface area contributed by atoms with E-state index in [-0.39, 0.29) is 16.9 Å². The predicted octanol–water partition coefficient (Wildman–Crippen LogP) is 9.80. The van der Waals surface area contributed by atoms with E-state index >= 15 is 0 Å². The van der Waals surface area contributed by atoms with Crippen molar-refractivity contribution in [2.75, 3.05) is 0 Å². The molecule has 7 heteroatoms. The number of allylic oxidation sites excluding steroid dienone is 3. The molecule has 2 aliphatic rings. The summed E-state index contributed by atoms with van der Waals surface area (Å²) >= 11 is 2.42. The van der Waals surface area contributed by atoms with Crippen molar-refractivity contribution in [2.45, 2.75) is 25.7 Å². The topological polar surface area (TPSA) is 83.2 Å². The first-order chi connectivity index (χ1) is 21.3. The van der Waals surface area contributed by atoms with E-state index in [0.717, 1.165) is 61.9 Å². The number of carbonyl (C=O) groups excluding carboxylic acids is 1. The summed E-state index contributed by atoms with van der Waals surface area (Å²) in [6, 6.07) is 31.5. The molecule has 1 unspecified atom stereocenters. The highest BCUT2D eigenvalue weighted by molar-refractivity contribution is 8.04. The lowest BCUT2D eigenvalue weighted by Crippen LogP contribution is -2.22. The van der Waals surface area contributed by atoms with Gasteiger partial charge in [0.05, 0.1) is 39.6 Å². The molecule has 0 bridgehead atoms. The van der Waals surface area contributed by atoms with Gasteiger partial charge in [-0.1, -0.05) is 93.2 Å². The van der Waals surface area contributed by atoms with Crippen LogP contribution in [-0.4, -0.2) is 17.2 Å². The molecule has 0 aromatic heterocycles. The second kappa shape index (κ2) is 12.2. The summed E-state index contributed by atoms with van der Waals surface area (Å²) in [7, 11) is 0. The fourth-order valence-corrected chi connectivity index (χ4v) is 6.83. The number of rotatable bonds is 9. The van der Waals surface area contributed by atoms with Gasteiger partial charge in [0.1, 0.15) is 17.2 Å². The smallest absolute Gasteiger partial charge is 0.211 e. The molecule has 1 atom stereocenters. The van der Waals surface area contributed by atoms with Crippen LogP contribution in [0.15, 0.2) is 116 Å². The SMILES string of the molecule is C=C1C(=N)C=C(SOc2ccc(C(C)(CC)c3ccc(OSC4=CC(=N)C(=O)c5ccccc54)cc3)cc2)c2ccccc21. The van der Waals surface area contributed by atoms with Crippen molar-refractivity contribution in [2.24, 2.45) is 0 Å². The lowest BCUT2D eigenvalue weighted by atomic mass is 9.74. The fourth-order valence-electron chi connectivity index (χ4n) is 5.37. The first kappa shape index (κ1) is 29.5. The molecule has 6 rings (SSSR count). The minimum atomic E-state index is -0.271. The van der Waals surface area contributed by atoms with E-state index in [1.807, 2.05) is 60.7 Å². The third-order valence-corrected chi connectivity index (χ3v) is 9.81. The Morgan fingerprint density at radius 1 is 0.659 bits per heavy atom. The molecule has 44 heavy (non-hydrogen) atoms. The van der Waals surface area contributed by atoms with Gasteiger partial charge in [0.25, 0.3) is 0 Å². The Morgan fingerprint density at radius 3 is 1.59 bits per heavy atom. The molecule has 0 radical (unpaired) electrons.